The zero-order valence-electron chi connectivity index (χ0n) is 18.1. The van der Waals surface area contributed by atoms with Crippen LogP contribution < -0.4 is 15.5 Å². The lowest BCUT2D eigenvalue weighted by atomic mass is 10.1. The van der Waals surface area contributed by atoms with Gasteiger partial charge in [0.2, 0.25) is 0 Å². The molecule has 12 heteroatoms. The summed E-state index contributed by atoms with van der Waals surface area (Å²) in [5.41, 5.74) is -0.0503. The van der Waals surface area contributed by atoms with Crippen molar-refractivity contribution in [2.24, 2.45) is 0 Å². The van der Waals surface area contributed by atoms with Crippen LogP contribution in [0.3, 0.4) is 0 Å². The highest BCUT2D eigenvalue weighted by Crippen LogP contribution is 2.36. The zero-order chi connectivity index (χ0) is 24.7. The average Bonchev–Trinajstić information content (AvgIpc) is 2.99. The standard InChI is InChI=1S/C23H18ClF3N6O2/c24-16-6-3-7-17-19(16)29-21(34)14-12-18(30-31-20(14)28-17)32-8-10-33(11-9-32)22(35)13-4-1-2-5-15(13)23(25,26)27/h1-7,12H,8-11H2,(H,28,31)(H,29,34). The maximum atomic E-state index is 13.3. The number of fused-ring (bicyclic) bond motifs is 2. The van der Waals surface area contributed by atoms with Gasteiger partial charge in [0.05, 0.1) is 33.1 Å². The number of amides is 2. The molecule has 5 rings (SSSR count). The Kier molecular flexibility index (Phi) is 5.72. The third kappa shape index (κ3) is 4.34. The molecule has 180 valence electrons. The Morgan fingerprint density at radius 2 is 1.71 bits per heavy atom. The van der Waals surface area contributed by atoms with Crippen LogP contribution in [-0.2, 0) is 6.18 Å². The van der Waals surface area contributed by atoms with E-state index in [1.807, 2.05) is 4.90 Å². The molecule has 0 atom stereocenters. The second-order valence-electron chi connectivity index (χ2n) is 8.03. The SMILES string of the molecule is O=C1Nc2c(Cl)cccc2Nc2nnc(N3CCN(C(=O)c4ccccc4C(F)(F)F)CC3)cc21. The van der Waals surface area contributed by atoms with Crippen molar-refractivity contribution >= 4 is 46.4 Å². The molecule has 0 unspecified atom stereocenters. The highest BCUT2D eigenvalue weighted by molar-refractivity contribution is 6.35. The topological polar surface area (TPSA) is 90.5 Å². The molecule has 35 heavy (non-hydrogen) atoms. The van der Waals surface area contributed by atoms with Crippen molar-refractivity contribution in [3.05, 3.63) is 70.2 Å². The minimum atomic E-state index is -4.62. The van der Waals surface area contributed by atoms with Gasteiger partial charge in [-0.25, -0.2) is 0 Å². The molecule has 3 heterocycles. The van der Waals surface area contributed by atoms with Gasteiger partial charge >= 0.3 is 6.18 Å². The average molecular weight is 503 g/mol. The highest BCUT2D eigenvalue weighted by atomic mass is 35.5. The number of carbonyl (C=O) groups excluding carboxylic acids is 2. The summed E-state index contributed by atoms with van der Waals surface area (Å²) in [5.74, 6) is -0.401. The van der Waals surface area contributed by atoms with E-state index in [1.54, 1.807) is 24.3 Å². The lowest BCUT2D eigenvalue weighted by Gasteiger charge is -2.35. The van der Waals surface area contributed by atoms with Gasteiger partial charge in [-0.2, -0.15) is 13.2 Å². The number of anilines is 4. The number of halogens is 4. The first-order chi connectivity index (χ1) is 16.7. The predicted molar refractivity (Wildman–Crippen MR) is 124 cm³/mol. The van der Waals surface area contributed by atoms with Gasteiger partial charge in [-0.15, -0.1) is 10.2 Å². The minimum Gasteiger partial charge on any atom is -0.352 e. The first-order valence-electron chi connectivity index (χ1n) is 10.7. The number of carbonyl (C=O) groups is 2. The summed E-state index contributed by atoms with van der Waals surface area (Å²) in [6.45, 7) is 1.01. The second-order valence-corrected chi connectivity index (χ2v) is 8.44. The van der Waals surface area contributed by atoms with Crippen LogP contribution in [0.25, 0.3) is 0 Å². The number of hydrogen-bond acceptors (Lipinski definition) is 6. The van der Waals surface area contributed by atoms with E-state index in [-0.39, 0.29) is 30.0 Å². The third-order valence-electron chi connectivity index (χ3n) is 5.88. The van der Waals surface area contributed by atoms with Crippen molar-refractivity contribution in [3.63, 3.8) is 0 Å². The van der Waals surface area contributed by atoms with Crippen LogP contribution in [0.2, 0.25) is 5.02 Å². The Labute approximate surface area is 202 Å². The maximum absolute atomic E-state index is 13.3. The number of aromatic nitrogens is 2. The molecule has 2 amide bonds. The van der Waals surface area contributed by atoms with Crippen LogP contribution in [0, 0.1) is 0 Å². The Morgan fingerprint density at radius 3 is 2.46 bits per heavy atom. The normalized spacial score (nSPS) is 15.5. The van der Waals surface area contributed by atoms with Gasteiger partial charge in [-0.3, -0.25) is 9.59 Å². The van der Waals surface area contributed by atoms with E-state index in [0.29, 0.717) is 35.3 Å². The molecule has 1 aromatic heterocycles. The summed E-state index contributed by atoms with van der Waals surface area (Å²) in [6, 6.07) is 11.5. The van der Waals surface area contributed by atoms with E-state index in [0.717, 1.165) is 6.07 Å². The van der Waals surface area contributed by atoms with Gasteiger partial charge in [-0.1, -0.05) is 29.8 Å². The number of para-hydroxylation sites is 1. The summed E-state index contributed by atoms with van der Waals surface area (Å²) in [5, 5.41) is 14.6. The molecule has 3 aromatic rings. The van der Waals surface area contributed by atoms with Crippen molar-refractivity contribution in [1.82, 2.24) is 15.1 Å². The summed E-state index contributed by atoms with van der Waals surface area (Å²) < 4.78 is 40.0. The molecule has 2 aliphatic heterocycles. The van der Waals surface area contributed by atoms with Crippen LogP contribution >= 0.6 is 11.6 Å². The van der Waals surface area contributed by atoms with E-state index in [2.05, 4.69) is 20.8 Å². The largest absolute Gasteiger partial charge is 0.417 e. The van der Waals surface area contributed by atoms with E-state index in [9.17, 15) is 22.8 Å². The molecular formula is C23H18ClF3N6O2. The van der Waals surface area contributed by atoms with Gasteiger partial charge in [0.25, 0.3) is 11.8 Å². The highest BCUT2D eigenvalue weighted by Gasteiger charge is 2.36. The van der Waals surface area contributed by atoms with Crippen molar-refractivity contribution in [2.45, 2.75) is 6.18 Å². The van der Waals surface area contributed by atoms with Crippen molar-refractivity contribution in [1.29, 1.82) is 0 Å². The Morgan fingerprint density at radius 1 is 0.971 bits per heavy atom. The third-order valence-corrected chi connectivity index (χ3v) is 6.20. The van der Waals surface area contributed by atoms with E-state index in [1.165, 1.54) is 23.1 Å². The van der Waals surface area contributed by atoms with Crippen LogP contribution in [0.15, 0.2) is 48.5 Å². The van der Waals surface area contributed by atoms with Gasteiger partial charge in [-0.05, 0) is 30.3 Å². The Bertz CT molecular complexity index is 1320. The molecule has 0 bridgehead atoms. The number of rotatable bonds is 2. The molecule has 2 aliphatic rings. The molecule has 1 fully saturated rings. The molecule has 2 N–H and O–H groups in total. The fourth-order valence-electron chi connectivity index (χ4n) is 4.09. The fourth-order valence-corrected chi connectivity index (χ4v) is 4.31. The lowest BCUT2D eigenvalue weighted by molar-refractivity contribution is -0.138. The Balaban J connectivity index is 1.32. The summed E-state index contributed by atoms with van der Waals surface area (Å²) in [4.78, 5) is 28.9. The molecule has 1 saturated heterocycles. The number of nitrogens with one attached hydrogen (secondary N) is 2. The molecular weight excluding hydrogens is 485 g/mol. The molecule has 0 radical (unpaired) electrons. The number of hydrogen-bond donors (Lipinski definition) is 2. The van der Waals surface area contributed by atoms with Gasteiger partial charge in [0.1, 0.15) is 0 Å². The second kappa shape index (κ2) is 8.73. The van der Waals surface area contributed by atoms with E-state index in [4.69, 9.17) is 11.6 Å². The minimum absolute atomic E-state index is 0.190. The zero-order valence-corrected chi connectivity index (χ0v) is 18.8. The fraction of sp³-hybridized carbons (Fsp3) is 0.217. The van der Waals surface area contributed by atoms with Crippen LogP contribution in [0.5, 0.6) is 0 Å². The molecule has 0 spiro atoms. The van der Waals surface area contributed by atoms with Gasteiger partial charge in [0, 0.05) is 26.2 Å². The van der Waals surface area contributed by atoms with Crippen molar-refractivity contribution < 1.29 is 22.8 Å². The smallest absolute Gasteiger partial charge is 0.352 e. The maximum Gasteiger partial charge on any atom is 0.417 e. The number of piperazine rings is 1. The first-order valence-corrected chi connectivity index (χ1v) is 11.1. The van der Waals surface area contributed by atoms with Crippen LogP contribution in [0.1, 0.15) is 26.3 Å². The number of nitrogens with zero attached hydrogens (tertiary/aromatic N) is 4. The summed E-state index contributed by atoms with van der Waals surface area (Å²) in [6.07, 6.45) is -4.62. The molecule has 8 nitrogen and oxygen atoms in total. The Hall–Kier alpha value is -3.86. The van der Waals surface area contributed by atoms with Crippen LogP contribution in [0.4, 0.5) is 36.2 Å². The number of benzene rings is 2. The number of alkyl halides is 3. The quantitative estimate of drug-likeness (QED) is 0.539. The van der Waals surface area contributed by atoms with Crippen molar-refractivity contribution in [2.75, 3.05) is 41.7 Å². The van der Waals surface area contributed by atoms with Crippen LogP contribution in [-0.4, -0.2) is 53.1 Å². The monoisotopic (exact) mass is 502 g/mol. The van der Waals surface area contributed by atoms with E-state index >= 15 is 0 Å². The lowest BCUT2D eigenvalue weighted by Crippen LogP contribution is -2.49. The molecule has 0 saturated carbocycles. The van der Waals surface area contributed by atoms with Crippen molar-refractivity contribution in [3.8, 4) is 0 Å². The summed E-state index contributed by atoms with van der Waals surface area (Å²) >= 11 is 6.20. The summed E-state index contributed by atoms with van der Waals surface area (Å²) in [7, 11) is 0. The first kappa shape index (κ1) is 22.9. The van der Waals surface area contributed by atoms with Gasteiger partial charge < -0.3 is 20.4 Å². The van der Waals surface area contributed by atoms with Gasteiger partial charge in [0.15, 0.2) is 11.6 Å². The predicted octanol–water partition coefficient (Wildman–Crippen LogP) is 4.42. The molecule has 0 aliphatic carbocycles. The van der Waals surface area contributed by atoms with E-state index < -0.39 is 23.6 Å². The molecule has 2 aromatic carbocycles.